The third-order valence-corrected chi connectivity index (χ3v) is 8.51. The average molecular weight is 576 g/mol. The summed E-state index contributed by atoms with van der Waals surface area (Å²) in [5.41, 5.74) is 6.75. The number of furan rings is 1. The summed E-state index contributed by atoms with van der Waals surface area (Å²) in [6, 6.07) is 52.2. The fourth-order valence-electron chi connectivity index (χ4n) is 6.37. The van der Waals surface area contributed by atoms with E-state index in [1.807, 2.05) is 72.8 Å². The van der Waals surface area contributed by atoms with Crippen LogP contribution in [0.1, 0.15) is 0 Å². The van der Waals surface area contributed by atoms with Gasteiger partial charge in [0.2, 0.25) is 0 Å². The Morgan fingerprint density at radius 3 is 1.67 bits per heavy atom. The predicted octanol–water partition coefficient (Wildman–Crippen LogP) is 10.7. The lowest BCUT2D eigenvalue weighted by Gasteiger charge is -2.14. The van der Waals surface area contributed by atoms with Crippen molar-refractivity contribution in [3.05, 3.63) is 152 Å². The molecule has 9 rings (SSSR count). The molecule has 0 aliphatic carbocycles. The van der Waals surface area contributed by atoms with Crippen LogP contribution in [0, 0.1) is 0 Å². The summed E-state index contributed by atoms with van der Waals surface area (Å²) in [7, 11) is 0. The summed E-state index contributed by atoms with van der Waals surface area (Å²) in [5.74, 6) is 1.88. The van der Waals surface area contributed by atoms with E-state index < -0.39 is 0 Å². The van der Waals surface area contributed by atoms with Gasteiger partial charge in [0.05, 0.1) is 0 Å². The molecule has 2 aromatic heterocycles. The van der Waals surface area contributed by atoms with Crippen molar-refractivity contribution in [2.75, 3.05) is 0 Å². The second-order valence-corrected chi connectivity index (χ2v) is 11.2. The summed E-state index contributed by atoms with van der Waals surface area (Å²) in [5, 5.41) is 6.70. The van der Waals surface area contributed by atoms with Crippen LogP contribution in [-0.2, 0) is 0 Å². The van der Waals surface area contributed by atoms with Gasteiger partial charge in [0.25, 0.3) is 0 Å². The molecule has 0 atom stereocenters. The van der Waals surface area contributed by atoms with Gasteiger partial charge in [-0.3, -0.25) is 0 Å². The Kier molecular flexibility index (Phi) is 5.78. The van der Waals surface area contributed by atoms with Crippen molar-refractivity contribution < 1.29 is 4.42 Å². The number of hydrogen-bond donors (Lipinski definition) is 0. The van der Waals surface area contributed by atoms with Crippen LogP contribution in [0.4, 0.5) is 0 Å². The summed E-state index contributed by atoms with van der Waals surface area (Å²) >= 11 is 0. The molecule has 2 heterocycles. The molecule has 0 aliphatic heterocycles. The molecule has 4 heteroatoms. The summed E-state index contributed by atoms with van der Waals surface area (Å²) < 4.78 is 6.57. The standard InChI is InChI=1S/C41H25N3O/c1-3-13-27(14-4-1)39-42-40(28-15-5-2-6-16-28)44-41(43-39)29-24-35(31-20-11-17-26-12-7-8-18-30(26)31)32-22-23-34-33-19-9-10-21-37(33)45-38(34)36(32)25-29/h1-25H. The molecule has 7 aromatic carbocycles. The lowest BCUT2D eigenvalue weighted by molar-refractivity contribution is 0.672. The second kappa shape index (κ2) is 10.2. The number of para-hydroxylation sites is 1. The molecular weight excluding hydrogens is 550 g/mol. The number of hydrogen-bond acceptors (Lipinski definition) is 4. The van der Waals surface area contributed by atoms with E-state index in [0.717, 1.165) is 60.5 Å². The van der Waals surface area contributed by atoms with Crippen LogP contribution in [0.3, 0.4) is 0 Å². The van der Waals surface area contributed by atoms with E-state index in [0.29, 0.717) is 17.5 Å². The Balaban J connectivity index is 1.39. The maximum Gasteiger partial charge on any atom is 0.164 e. The van der Waals surface area contributed by atoms with Crippen LogP contribution >= 0.6 is 0 Å². The molecule has 0 aliphatic rings. The van der Waals surface area contributed by atoms with Crippen LogP contribution in [0.15, 0.2) is 156 Å². The van der Waals surface area contributed by atoms with Crippen LogP contribution < -0.4 is 0 Å². The molecule has 0 saturated heterocycles. The van der Waals surface area contributed by atoms with Gasteiger partial charge in [-0.15, -0.1) is 0 Å². The molecule has 0 amide bonds. The van der Waals surface area contributed by atoms with Gasteiger partial charge < -0.3 is 4.42 Å². The minimum Gasteiger partial charge on any atom is -0.455 e. The first-order valence-corrected chi connectivity index (χ1v) is 15.0. The highest BCUT2D eigenvalue weighted by Crippen LogP contribution is 2.42. The number of benzene rings is 7. The maximum atomic E-state index is 6.57. The molecular formula is C41H25N3O. The molecule has 0 spiro atoms. The molecule has 0 fully saturated rings. The van der Waals surface area contributed by atoms with E-state index in [4.69, 9.17) is 19.4 Å². The zero-order chi connectivity index (χ0) is 29.7. The first kappa shape index (κ1) is 25.4. The van der Waals surface area contributed by atoms with E-state index >= 15 is 0 Å². The molecule has 210 valence electrons. The molecule has 9 aromatic rings. The van der Waals surface area contributed by atoms with Crippen molar-refractivity contribution in [1.29, 1.82) is 0 Å². The van der Waals surface area contributed by atoms with Gasteiger partial charge in [0.1, 0.15) is 11.2 Å². The van der Waals surface area contributed by atoms with E-state index in [9.17, 15) is 0 Å². The van der Waals surface area contributed by atoms with Gasteiger partial charge in [-0.25, -0.2) is 15.0 Å². The third-order valence-electron chi connectivity index (χ3n) is 8.51. The van der Waals surface area contributed by atoms with Gasteiger partial charge >= 0.3 is 0 Å². The van der Waals surface area contributed by atoms with Gasteiger partial charge in [0, 0.05) is 32.8 Å². The topological polar surface area (TPSA) is 51.8 Å². The van der Waals surface area contributed by atoms with Gasteiger partial charge in [-0.1, -0.05) is 127 Å². The minimum atomic E-state index is 0.610. The van der Waals surface area contributed by atoms with Crippen LogP contribution in [0.25, 0.3) is 88.8 Å². The van der Waals surface area contributed by atoms with Crippen molar-refractivity contribution in [3.8, 4) is 45.3 Å². The highest BCUT2D eigenvalue weighted by atomic mass is 16.3. The van der Waals surface area contributed by atoms with E-state index in [1.165, 1.54) is 10.8 Å². The van der Waals surface area contributed by atoms with Crippen molar-refractivity contribution in [3.63, 3.8) is 0 Å². The van der Waals surface area contributed by atoms with Crippen LogP contribution in [-0.4, -0.2) is 15.0 Å². The number of aromatic nitrogens is 3. The Morgan fingerprint density at radius 2 is 0.933 bits per heavy atom. The quantitative estimate of drug-likeness (QED) is 0.209. The average Bonchev–Trinajstić information content (AvgIpc) is 3.51. The van der Waals surface area contributed by atoms with Crippen molar-refractivity contribution in [2.45, 2.75) is 0 Å². The Labute approximate surface area is 259 Å². The van der Waals surface area contributed by atoms with Gasteiger partial charge in [-0.2, -0.15) is 0 Å². The molecule has 4 nitrogen and oxygen atoms in total. The number of nitrogens with zero attached hydrogens (tertiary/aromatic N) is 3. The third kappa shape index (κ3) is 4.27. The van der Waals surface area contributed by atoms with E-state index in [1.54, 1.807) is 0 Å². The highest BCUT2D eigenvalue weighted by Gasteiger charge is 2.19. The SMILES string of the molecule is c1ccc(-c2nc(-c3ccccc3)nc(-c3cc(-c4cccc5ccccc45)c4ccc5c6ccccc6oc5c4c3)n2)cc1. The lowest BCUT2D eigenvalue weighted by atomic mass is 9.91. The van der Waals surface area contributed by atoms with Crippen molar-refractivity contribution in [2.24, 2.45) is 0 Å². The fraction of sp³-hybridized carbons (Fsp3) is 0. The summed E-state index contributed by atoms with van der Waals surface area (Å²) in [6.45, 7) is 0. The molecule has 0 radical (unpaired) electrons. The molecule has 0 bridgehead atoms. The van der Waals surface area contributed by atoms with Gasteiger partial charge in [-0.05, 0) is 51.6 Å². The van der Waals surface area contributed by atoms with Crippen molar-refractivity contribution in [1.82, 2.24) is 15.0 Å². The summed E-state index contributed by atoms with van der Waals surface area (Å²) in [6.07, 6.45) is 0. The van der Waals surface area contributed by atoms with Crippen LogP contribution in [0.5, 0.6) is 0 Å². The zero-order valence-corrected chi connectivity index (χ0v) is 24.2. The zero-order valence-electron chi connectivity index (χ0n) is 24.2. The second-order valence-electron chi connectivity index (χ2n) is 11.2. The highest BCUT2D eigenvalue weighted by molar-refractivity contribution is 6.19. The van der Waals surface area contributed by atoms with Crippen LogP contribution in [0.2, 0.25) is 0 Å². The first-order valence-electron chi connectivity index (χ1n) is 15.0. The van der Waals surface area contributed by atoms with Gasteiger partial charge in [0.15, 0.2) is 17.5 Å². The molecule has 45 heavy (non-hydrogen) atoms. The Bertz CT molecular complexity index is 2470. The number of fused-ring (bicyclic) bond motifs is 6. The lowest BCUT2D eigenvalue weighted by Crippen LogP contribution is -2.00. The van der Waals surface area contributed by atoms with E-state index in [-0.39, 0.29) is 0 Å². The predicted molar refractivity (Wildman–Crippen MR) is 184 cm³/mol. The Morgan fingerprint density at radius 1 is 0.356 bits per heavy atom. The largest absolute Gasteiger partial charge is 0.455 e. The minimum absolute atomic E-state index is 0.610. The normalized spacial score (nSPS) is 11.6. The molecule has 0 N–H and O–H groups in total. The Hall–Kier alpha value is -6.13. The molecule has 0 saturated carbocycles. The number of rotatable bonds is 4. The monoisotopic (exact) mass is 575 g/mol. The molecule has 0 unspecified atom stereocenters. The van der Waals surface area contributed by atoms with E-state index in [2.05, 4.69) is 78.9 Å². The maximum absolute atomic E-state index is 6.57. The smallest absolute Gasteiger partial charge is 0.164 e. The van der Waals surface area contributed by atoms with Crippen molar-refractivity contribution >= 4 is 43.5 Å². The first-order chi connectivity index (χ1) is 22.3. The summed E-state index contributed by atoms with van der Waals surface area (Å²) in [4.78, 5) is 15.1. The fourth-order valence-corrected chi connectivity index (χ4v) is 6.37.